The first-order valence-electron chi connectivity index (χ1n) is 5.66. The van der Waals surface area contributed by atoms with Gasteiger partial charge in [0.25, 0.3) is 0 Å². The number of carboxylic acid groups (broad SMARTS) is 1. The van der Waals surface area contributed by atoms with Crippen LogP contribution in [0.4, 0.5) is 8.78 Å². The molecule has 0 fully saturated rings. The molecule has 102 valence electrons. The number of aromatic carboxylic acids is 1. The summed E-state index contributed by atoms with van der Waals surface area (Å²) in [6.45, 7) is 0.361. The van der Waals surface area contributed by atoms with Crippen molar-refractivity contribution in [1.82, 2.24) is 9.55 Å². The molecule has 0 bridgehead atoms. The van der Waals surface area contributed by atoms with Gasteiger partial charge in [-0.2, -0.15) is 0 Å². The third-order valence-electron chi connectivity index (χ3n) is 2.86. The molecule has 1 aromatic carbocycles. The summed E-state index contributed by atoms with van der Waals surface area (Å²) in [5.74, 6) is -2.85. The molecule has 0 spiro atoms. The Labute approximate surface area is 115 Å². The Hall–Kier alpha value is -2.28. The van der Waals surface area contributed by atoms with Crippen molar-refractivity contribution in [1.29, 1.82) is 0 Å². The fourth-order valence-corrected chi connectivity index (χ4v) is 2.77. The van der Waals surface area contributed by atoms with Crippen LogP contribution in [-0.2, 0) is 6.54 Å². The van der Waals surface area contributed by atoms with Gasteiger partial charge in [0.1, 0.15) is 4.88 Å². The van der Waals surface area contributed by atoms with Gasteiger partial charge in [-0.05, 0) is 12.1 Å². The molecule has 0 amide bonds. The number of carboxylic acids is 1. The van der Waals surface area contributed by atoms with Crippen molar-refractivity contribution in [2.45, 2.75) is 6.54 Å². The summed E-state index contributed by atoms with van der Waals surface area (Å²) in [5, 5.41) is 8.86. The summed E-state index contributed by atoms with van der Waals surface area (Å²) in [6.07, 6.45) is 1.48. The minimum atomic E-state index is -0.982. The smallest absolute Gasteiger partial charge is 0.345 e. The Morgan fingerprint density at radius 2 is 2.05 bits per heavy atom. The molecule has 0 aliphatic rings. The third kappa shape index (κ3) is 2.16. The molecule has 20 heavy (non-hydrogen) atoms. The maximum absolute atomic E-state index is 13.3. The van der Waals surface area contributed by atoms with E-state index in [0.29, 0.717) is 17.6 Å². The Morgan fingerprint density at radius 1 is 1.30 bits per heavy atom. The van der Waals surface area contributed by atoms with Crippen molar-refractivity contribution in [2.75, 3.05) is 0 Å². The van der Waals surface area contributed by atoms with Crippen LogP contribution in [0.25, 0.3) is 11.0 Å². The topological polar surface area (TPSA) is 55.1 Å². The van der Waals surface area contributed by atoms with E-state index in [9.17, 15) is 13.6 Å². The molecule has 2 aromatic heterocycles. The zero-order valence-corrected chi connectivity index (χ0v) is 10.8. The van der Waals surface area contributed by atoms with E-state index in [-0.39, 0.29) is 4.88 Å². The van der Waals surface area contributed by atoms with Crippen LogP contribution in [-0.4, -0.2) is 20.6 Å². The second-order valence-electron chi connectivity index (χ2n) is 4.20. The molecule has 1 N–H and O–H groups in total. The Kier molecular flexibility index (Phi) is 2.98. The van der Waals surface area contributed by atoms with Gasteiger partial charge >= 0.3 is 5.97 Å². The fourth-order valence-electron chi connectivity index (χ4n) is 1.93. The van der Waals surface area contributed by atoms with E-state index in [1.165, 1.54) is 12.4 Å². The first-order chi connectivity index (χ1) is 9.54. The molecule has 7 heteroatoms. The molecular weight excluding hydrogens is 286 g/mol. The van der Waals surface area contributed by atoms with Crippen LogP contribution in [0.2, 0.25) is 0 Å². The van der Waals surface area contributed by atoms with E-state index >= 15 is 0 Å². The first kappa shape index (κ1) is 12.7. The molecule has 0 aliphatic heterocycles. The standard InChI is InChI=1S/C13H8F2N2O2S/c14-8-3-10-11(4-9(8)15)17(6-16-10)5-7-1-2-12(20-7)13(18)19/h1-4,6H,5H2,(H,18,19). The lowest BCUT2D eigenvalue weighted by atomic mass is 10.3. The molecule has 0 saturated heterocycles. The quantitative estimate of drug-likeness (QED) is 0.807. The summed E-state index contributed by atoms with van der Waals surface area (Å²) in [4.78, 5) is 15.8. The molecular formula is C13H8F2N2O2S. The van der Waals surface area contributed by atoms with Crippen LogP contribution in [0.1, 0.15) is 14.5 Å². The van der Waals surface area contributed by atoms with Crippen LogP contribution in [0, 0.1) is 11.6 Å². The number of fused-ring (bicyclic) bond motifs is 1. The van der Waals surface area contributed by atoms with E-state index < -0.39 is 17.6 Å². The number of hydrogen-bond donors (Lipinski definition) is 1. The lowest BCUT2D eigenvalue weighted by molar-refractivity contribution is 0.0702. The lowest BCUT2D eigenvalue weighted by Gasteiger charge is -2.02. The minimum Gasteiger partial charge on any atom is -0.477 e. The van der Waals surface area contributed by atoms with Crippen LogP contribution >= 0.6 is 11.3 Å². The predicted molar refractivity (Wildman–Crippen MR) is 70.0 cm³/mol. The van der Waals surface area contributed by atoms with Gasteiger partial charge in [0.05, 0.1) is 23.9 Å². The van der Waals surface area contributed by atoms with Gasteiger partial charge < -0.3 is 9.67 Å². The highest BCUT2D eigenvalue weighted by Gasteiger charge is 2.11. The average molecular weight is 294 g/mol. The number of rotatable bonds is 3. The van der Waals surface area contributed by atoms with Gasteiger partial charge in [-0.1, -0.05) is 0 Å². The second-order valence-corrected chi connectivity index (χ2v) is 5.37. The zero-order valence-electron chi connectivity index (χ0n) is 10.0. The SMILES string of the molecule is O=C(O)c1ccc(Cn2cnc3cc(F)c(F)cc32)s1. The number of nitrogens with zero attached hydrogens (tertiary/aromatic N) is 2. The summed E-state index contributed by atoms with van der Waals surface area (Å²) in [5.41, 5.74) is 0.827. The third-order valence-corrected chi connectivity index (χ3v) is 3.92. The Morgan fingerprint density at radius 3 is 2.75 bits per heavy atom. The molecule has 4 nitrogen and oxygen atoms in total. The van der Waals surface area contributed by atoms with Gasteiger partial charge in [-0.3, -0.25) is 0 Å². The highest BCUT2D eigenvalue weighted by atomic mass is 32.1. The normalized spacial score (nSPS) is 11.1. The van der Waals surface area contributed by atoms with Crippen molar-refractivity contribution in [2.24, 2.45) is 0 Å². The van der Waals surface area contributed by atoms with Crippen molar-refractivity contribution in [3.05, 3.63) is 52.0 Å². The molecule has 0 radical (unpaired) electrons. The Bertz CT molecular complexity index is 810. The van der Waals surface area contributed by atoms with Crippen molar-refractivity contribution in [3.8, 4) is 0 Å². The highest BCUT2D eigenvalue weighted by Crippen LogP contribution is 2.22. The van der Waals surface area contributed by atoms with E-state index in [0.717, 1.165) is 28.3 Å². The fraction of sp³-hybridized carbons (Fsp3) is 0.0769. The molecule has 0 aliphatic carbocycles. The van der Waals surface area contributed by atoms with Gasteiger partial charge in [0.15, 0.2) is 11.6 Å². The number of imidazole rings is 1. The number of hydrogen-bond acceptors (Lipinski definition) is 3. The second kappa shape index (κ2) is 4.68. The summed E-state index contributed by atoms with van der Waals surface area (Å²) < 4.78 is 28.0. The number of thiophene rings is 1. The molecule has 2 heterocycles. The Balaban J connectivity index is 1.98. The first-order valence-corrected chi connectivity index (χ1v) is 6.48. The molecule has 3 rings (SSSR count). The summed E-state index contributed by atoms with van der Waals surface area (Å²) >= 11 is 1.14. The monoisotopic (exact) mass is 294 g/mol. The zero-order chi connectivity index (χ0) is 14.3. The highest BCUT2D eigenvalue weighted by molar-refractivity contribution is 7.13. The number of benzene rings is 1. The van der Waals surface area contributed by atoms with Crippen molar-refractivity contribution in [3.63, 3.8) is 0 Å². The maximum atomic E-state index is 13.3. The maximum Gasteiger partial charge on any atom is 0.345 e. The van der Waals surface area contributed by atoms with Crippen LogP contribution in [0.5, 0.6) is 0 Å². The number of aromatic nitrogens is 2. The minimum absolute atomic E-state index is 0.238. The molecule has 0 unspecified atom stereocenters. The predicted octanol–water partition coefficient (Wildman–Crippen LogP) is 3.12. The van der Waals surface area contributed by atoms with E-state index in [1.54, 1.807) is 10.6 Å². The van der Waals surface area contributed by atoms with Crippen LogP contribution in [0.3, 0.4) is 0 Å². The van der Waals surface area contributed by atoms with Gasteiger partial charge in [-0.15, -0.1) is 11.3 Å². The molecule has 0 saturated carbocycles. The lowest BCUT2D eigenvalue weighted by Crippen LogP contribution is -1.96. The van der Waals surface area contributed by atoms with Crippen LogP contribution in [0.15, 0.2) is 30.6 Å². The largest absolute Gasteiger partial charge is 0.477 e. The van der Waals surface area contributed by atoms with Crippen molar-refractivity contribution < 1.29 is 18.7 Å². The summed E-state index contributed by atoms with van der Waals surface area (Å²) in [6, 6.07) is 5.34. The molecule has 3 aromatic rings. The van der Waals surface area contributed by atoms with E-state index in [2.05, 4.69) is 4.98 Å². The summed E-state index contributed by atoms with van der Waals surface area (Å²) in [7, 11) is 0. The molecule has 0 atom stereocenters. The van der Waals surface area contributed by atoms with Gasteiger partial charge in [0, 0.05) is 17.0 Å². The number of halogens is 2. The van der Waals surface area contributed by atoms with Gasteiger partial charge in [0.2, 0.25) is 0 Å². The van der Waals surface area contributed by atoms with Gasteiger partial charge in [-0.25, -0.2) is 18.6 Å². The van der Waals surface area contributed by atoms with Crippen LogP contribution < -0.4 is 0 Å². The van der Waals surface area contributed by atoms with E-state index in [4.69, 9.17) is 5.11 Å². The number of carbonyl (C=O) groups is 1. The van der Waals surface area contributed by atoms with Crippen molar-refractivity contribution >= 4 is 28.3 Å². The van der Waals surface area contributed by atoms with E-state index in [1.807, 2.05) is 0 Å². The average Bonchev–Trinajstić information content (AvgIpc) is 3.00.